The monoisotopic (exact) mass is 379 g/mol. The van der Waals surface area contributed by atoms with E-state index in [-0.39, 0.29) is 0 Å². The topological polar surface area (TPSA) is 75.9 Å². The van der Waals surface area contributed by atoms with Crippen molar-refractivity contribution in [2.75, 3.05) is 33.3 Å². The third-order valence-corrected chi connectivity index (χ3v) is 6.67. The zero-order valence-corrected chi connectivity index (χ0v) is 16.3. The Balaban J connectivity index is 1.71. The average molecular weight is 379 g/mol. The van der Waals surface area contributed by atoms with Crippen LogP contribution in [0.15, 0.2) is 33.7 Å². The van der Waals surface area contributed by atoms with Crippen molar-refractivity contribution < 1.29 is 17.7 Å². The fraction of sp³-hybridized carbons (Fsp3) is 0.500. The predicted molar refractivity (Wildman–Crippen MR) is 97.6 cm³/mol. The van der Waals surface area contributed by atoms with Gasteiger partial charge in [-0.25, -0.2) is 8.42 Å². The Bertz CT molecular complexity index is 863. The fourth-order valence-corrected chi connectivity index (χ4v) is 4.92. The molecular formula is C18H25N3O4S. The van der Waals surface area contributed by atoms with Gasteiger partial charge in [-0.2, -0.15) is 4.31 Å². The molecule has 1 aliphatic heterocycles. The molecule has 3 rings (SSSR count). The second-order valence-electron chi connectivity index (χ2n) is 6.59. The summed E-state index contributed by atoms with van der Waals surface area (Å²) in [5.74, 6) is 1.44. The molecule has 0 saturated carbocycles. The number of benzene rings is 1. The highest BCUT2D eigenvalue weighted by Crippen LogP contribution is 2.25. The van der Waals surface area contributed by atoms with Crippen LogP contribution in [0.3, 0.4) is 0 Å². The van der Waals surface area contributed by atoms with E-state index in [2.05, 4.69) is 10.1 Å². The third kappa shape index (κ3) is 4.08. The molecule has 0 N–H and O–H groups in total. The van der Waals surface area contributed by atoms with Crippen LogP contribution in [0.1, 0.15) is 23.4 Å². The van der Waals surface area contributed by atoms with Crippen LogP contribution in [-0.4, -0.2) is 56.1 Å². The van der Waals surface area contributed by atoms with Crippen molar-refractivity contribution in [3.63, 3.8) is 0 Å². The second-order valence-corrected chi connectivity index (χ2v) is 8.50. The fourth-order valence-electron chi connectivity index (χ4n) is 3.24. The Labute approximate surface area is 154 Å². The van der Waals surface area contributed by atoms with E-state index >= 15 is 0 Å². The standard InChI is InChI=1S/C18H25N3O4S/c1-14-11-17(24-3)5-6-18(14)26(22,23)21-8-4-7-20(9-10-21)13-16-12-15(2)25-19-16/h5-6,11-12H,4,7-10,13H2,1-3H3. The Kier molecular flexibility index (Phi) is 5.64. The molecule has 0 unspecified atom stereocenters. The van der Waals surface area contributed by atoms with Crippen LogP contribution in [0.4, 0.5) is 0 Å². The van der Waals surface area contributed by atoms with Gasteiger partial charge in [-0.3, -0.25) is 4.90 Å². The van der Waals surface area contributed by atoms with Gasteiger partial charge in [0, 0.05) is 32.2 Å². The molecule has 1 saturated heterocycles. The van der Waals surface area contributed by atoms with Crippen molar-refractivity contribution in [1.82, 2.24) is 14.4 Å². The number of methoxy groups -OCH3 is 1. The van der Waals surface area contributed by atoms with Crippen LogP contribution in [0.2, 0.25) is 0 Å². The zero-order valence-electron chi connectivity index (χ0n) is 15.4. The molecule has 0 amide bonds. The van der Waals surface area contributed by atoms with Crippen LogP contribution in [0, 0.1) is 13.8 Å². The van der Waals surface area contributed by atoms with Crippen LogP contribution in [-0.2, 0) is 16.6 Å². The zero-order chi connectivity index (χ0) is 18.7. The highest BCUT2D eigenvalue weighted by atomic mass is 32.2. The van der Waals surface area contributed by atoms with Gasteiger partial charge in [-0.05, 0) is 50.6 Å². The lowest BCUT2D eigenvalue weighted by atomic mass is 10.2. The molecule has 2 aromatic rings. The maximum atomic E-state index is 13.1. The van der Waals surface area contributed by atoms with Gasteiger partial charge in [0.2, 0.25) is 10.0 Å². The Hall–Kier alpha value is -1.90. The number of hydrogen-bond acceptors (Lipinski definition) is 6. The molecule has 1 aromatic heterocycles. The van der Waals surface area contributed by atoms with Crippen molar-refractivity contribution in [3.8, 4) is 5.75 Å². The Morgan fingerprint density at radius 3 is 2.62 bits per heavy atom. The molecule has 8 heteroatoms. The van der Waals surface area contributed by atoms with Gasteiger partial charge in [-0.1, -0.05) is 5.16 Å². The van der Waals surface area contributed by atoms with Gasteiger partial charge < -0.3 is 9.26 Å². The van der Waals surface area contributed by atoms with Gasteiger partial charge in [0.1, 0.15) is 11.5 Å². The molecule has 0 radical (unpaired) electrons. The van der Waals surface area contributed by atoms with Crippen molar-refractivity contribution in [2.45, 2.75) is 31.7 Å². The molecule has 1 aromatic carbocycles. The van der Waals surface area contributed by atoms with Crippen molar-refractivity contribution >= 4 is 10.0 Å². The average Bonchev–Trinajstić information content (AvgIpc) is 2.86. The van der Waals surface area contributed by atoms with E-state index in [1.165, 1.54) is 0 Å². The van der Waals surface area contributed by atoms with Crippen molar-refractivity contribution in [1.29, 1.82) is 0 Å². The summed E-state index contributed by atoms with van der Waals surface area (Å²) in [7, 11) is -1.94. The van der Waals surface area contributed by atoms with E-state index in [1.54, 1.807) is 36.5 Å². The summed E-state index contributed by atoms with van der Waals surface area (Å²) in [6.07, 6.45) is 0.783. The molecule has 26 heavy (non-hydrogen) atoms. The summed E-state index contributed by atoms with van der Waals surface area (Å²) < 4.78 is 38.0. The number of aromatic nitrogens is 1. The van der Waals surface area contributed by atoms with Gasteiger partial charge >= 0.3 is 0 Å². The first-order chi connectivity index (χ1) is 12.4. The van der Waals surface area contributed by atoms with Gasteiger partial charge in [-0.15, -0.1) is 0 Å². The van der Waals surface area contributed by atoms with Crippen LogP contribution < -0.4 is 4.74 Å². The molecule has 0 atom stereocenters. The van der Waals surface area contributed by atoms with E-state index < -0.39 is 10.0 Å². The normalized spacial score (nSPS) is 17.2. The number of nitrogens with zero attached hydrogens (tertiary/aromatic N) is 3. The number of rotatable bonds is 5. The van der Waals surface area contributed by atoms with Gasteiger partial charge in [0.15, 0.2) is 0 Å². The van der Waals surface area contributed by atoms with E-state index in [1.807, 2.05) is 13.0 Å². The minimum Gasteiger partial charge on any atom is -0.497 e. The first-order valence-electron chi connectivity index (χ1n) is 8.69. The maximum Gasteiger partial charge on any atom is 0.243 e. The lowest BCUT2D eigenvalue weighted by Crippen LogP contribution is -2.35. The van der Waals surface area contributed by atoms with E-state index in [4.69, 9.17) is 9.26 Å². The first kappa shape index (κ1) is 18.9. The maximum absolute atomic E-state index is 13.1. The number of hydrogen-bond donors (Lipinski definition) is 0. The molecule has 0 spiro atoms. The largest absolute Gasteiger partial charge is 0.497 e. The lowest BCUT2D eigenvalue weighted by molar-refractivity contribution is 0.268. The van der Waals surface area contributed by atoms with E-state index in [9.17, 15) is 8.42 Å². The lowest BCUT2D eigenvalue weighted by Gasteiger charge is -2.22. The molecule has 0 aliphatic carbocycles. The number of ether oxygens (including phenoxy) is 1. The SMILES string of the molecule is COc1ccc(S(=O)(=O)N2CCCN(Cc3cc(C)on3)CC2)c(C)c1. The summed E-state index contributed by atoms with van der Waals surface area (Å²) in [5.41, 5.74) is 1.58. The molecule has 1 fully saturated rings. The highest BCUT2D eigenvalue weighted by molar-refractivity contribution is 7.89. The summed E-state index contributed by atoms with van der Waals surface area (Å²) in [6, 6.07) is 6.99. The second kappa shape index (κ2) is 7.77. The minimum atomic E-state index is -3.52. The molecule has 142 valence electrons. The predicted octanol–water partition coefficient (Wildman–Crippen LogP) is 2.20. The Morgan fingerprint density at radius 1 is 1.15 bits per heavy atom. The quantitative estimate of drug-likeness (QED) is 0.793. The summed E-state index contributed by atoms with van der Waals surface area (Å²) in [6.45, 7) is 6.82. The summed E-state index contributed by atoms with van der Waals surface area (Å²) >= 11 is 0. The van der Waals surface area contributed by atoms with E-state index in [0.717, 1.165) is 24.4 Å². The van der Waals surface area contributed by atoms with Crippen LogP contribution in [0.25, 0.3) is 0 Å². The third-order valence-electron chi connectivity index (χ3n) is 4.61. The summed E-state index contributed by atoms with van der Waals surface area (Å²) in [4.78, 5) is 2.56. The Morgan fingerprint density at radius 2 is 1.96 bits per heavy atom. The molecular weight excluding hydrogens is 354 g/mol. The highest BCUT2D eigenvalue weighted by Gasteiger charge is 2.28. The van der Waals surface area contributed by atoms with E-state index in [0.29, 0.717) is 42.4 Å². The molecule has 7 nitrogen and oxygen atoms in total. The van der Waals surface area contributed by atoms with Crippen molar-refractivity contribution in [3.05, 3.63) is 41.3 Å². The van der Waals surface area contributed by atoms with Crippen molar-refractivity contribution in [2.24, 2.45) is 0 Å². The minimum absolute atomic E-state index is 0.346. The van der Waals surface area contributed by atoms with Gasteiger partial charge in [0.05, 0.1) is 17.7 Å². The number of sulfonamides is 1. The van der Waals surface area contributed by atoms with Crippen LogP contribution >= 0.6 is 0 Å². The molecule has 2 heterocycles. The first-order valence-corrected chi connectivity index (χ1v) is 10.1. The summed E-state index contributed by atoms with van der Waals surface area (Å²) in [5, 5.41) is 4.02. The van der Waals surface area contributed by atoms with Crippen LogP contribution in [0.5, 0.6) is 5.75 Å². The molecule has 1 aliphatic rings. The number of aryl methyl sites for hydroxylation is 2. The molecule has 0 bridgehead atoms. The smallest absolute Gasteiger partial charge is 0.243 e. The van der Waals surface area contributed by atoms with Gasteiger partial charge in [0.25, 0.3) is 0 Å².